The maximum atomic E-state index is 10.4. The molecule has 0 aliphatic heterocycles. The first-order chi connectivity index (χ1) is 3.68. The molecule has 0 amide bonds. The van der Waals surface area contributed by atoms with Crippen molar-refractivity contribution in [3.63, 3.8) is 0 Å². The van der Waals surface area contributed by atoms with E-state index in [1.165, 1.54) is 17.7 Å². The van der Waals surface area contributed by atoms with Gasteiger partial charge in [0.05, 0.1) is 6.04 Å². The Morgan fingerprint density at radius 2 is 2.50 bits per heavy atom. The molecule has 8 heavy (non-hydrogen) atoms. The lowest BCUT2D eigenvalue weighted by molar-refractivity contribution is -0.117. The highest BCUT2D eigenvalue weighted by molar-refractivity contribution is 8.68. The van der Waals surface area contributed by atoms with Crippen molar-refractivity contribution in [2.75, 3.05) is 5.75 Å². The Morgan fingerprint density at radius 3 is 2.62 bits per heavy atom. The summed E-state index contributed by atoms with van der Waals surface area (Å²) in [5.41, 5.74) is 5.31. The average Bonchev–Trinajstić information content (AvgIpc) is 1.67. The number of carbonyl (C=O) groups is 1. The number of carbonyl (C=O) groups excluding carboxylic acids is 1. The summed E-state index contributed by atoms with van der Waals surface area (Å²) < 4.78 is 0. The molecule has 48 valence electrons. The van der Waals surface area contributed by atoms with Crippen LogP contribution in [0.4, 0.5) is 0 Å². The summed E-state index contributed by atoms with van der Waals surface area (Å²) in [5.74, 6) is 0.616. The van der Waals surface area contributed by atoms with Crippen molar-refractivity contribution in [1.82, 2.24) is 0 Å². The van der Waals surface area contributed by atoms with Crippen LogP contribution in [0.2, 0.25) is 0 Å². The highest BCUT2D eigenvalue weighted by atomic mass is 33.1. The lowest BCUT2D eigenvalue weighted by Gasteiger charge is -2.01. The second-order valence-electron chi connectivity index (χ2n) is 1.51. The lowest BCUT2D eigenvalue weighted by atomic mass is 10.3. The summed E-state index contributed by atoms with van der Waals surface area (Å²) in [4.78, 5) is 10.4. The van der Waals surface area contributed by atoms with Crippen LogP contribution >= 0.6 is 22.5 Å². The number of hydrogen-bond acceptors (Lipinski definition) is 4. The Balaban J connectivity index is 3.32. The molecular formula is C4H9NOS2. The van der Waals surface area contributed by atoms with Crippen molar-refractivity contribution in [3.8, 4) is 0 Å². The molecular weight excluding hydrogens is 142 g/mol. The fourth-order valence-corrected chi connectivity index (χ4v) is 1.07. The van der Waals surface area contributed by atoms with E-state index < -0.39 is 0 Å². The van der Waals surface area contributed by atoms with E-state index in [0.29, 0.717) is 5.75 Å². The van der Waals surface area contributed by atoms with E-state index in [4.69, 9.17) is 5.73 Å². The van der Waals surface area contributed by atoms with Crippen LogP contribution in [-0.2, 0) is 4.79 Å². The molecule has 4 heteroatoms. The molecule has 0 aromatic carbocycles. The predicted molar refractivity (Wildman–Crippen MR) is 40.1 cm³/mol. The molecule has 0 bridgehead atoms. The molecule has 0 spiro atoms. The Labute approximate surface area is 58.0 Å². The molecule has 0 aromatic rings. The quantitative estimate of drug-likeness (QED) is 0.455. The number of nitrogens with two attached hydrogens (primary N) is 1. The first-order valence-corrected chi connectivity index (χ1v) is 4.24. The highest BCUT2D eigenvalue weighted by Crippen LogP contribution is 2.05. The normalized spacial score (nSPS) is 13.4. The molecule has 0 fully saturated rings. The predicted octanol–water partition coefficient (Wildman–Crippen LogP) is 0.481. The smallest absolute Gasteiger partial charge is 0.147 e. The number of thiol groups is 1. The van der Waals surface area contributed by atoms with Crippen LogP contribution in [0.15, 0.2) is 0 Å². The maximum Gasteiger partial charge on any atom is 0.147 e. The topological polar surface area (TPSA) is 43.1 Å². The molecule has 0 aliphatic rings. The summed E-state index contributed by atoms with van der Waals surface area (Å²) in [6.45, 7) is 1.48. The molecule has 0 unspecified atom stereocenters. The zero-order valence-corrected chi connectivity index (χ0v) is 6.34. The van der Waals surface area contributed by atoms with Crippen molar-refractivity contribution >= 4 is 28.2 Å². The number of hydrogen-bond donors (Lipinski definition) is 2. The summed E-state index contributed by atoms with van der Waals surface area (Å²) in [5, 5.41) is 0. The Morgan fingerprint density at radius 1 is 2.00 bits per heavy atom. The van der Waals surface area contributed by atoms with E-state index in [0.717, 1.165) is 0 Å². The monoisotopic (exact) mass is 151 g/mol. The van der Waals surface area contributed by atoms with Gasteiger partial charge < -0.3 is 5.73 Å². The first-order valence-electron chi connectivity index (χ1n) is 2.21. The SMILES string of the molecule is CC(=O)[C@@H](N)CSS. The van der Waals surface area contributed by atoms with Crippen LogP contribution in [0.3, 0.4) is 0 Å². The molecule has 0 aromatic heterocycles. The molecule has 0 radical (unpaired) electrons. The minimum Gasteiger partial charge on any atom is -0.321 e. The minimum atomic E-state index is -0.336. The summed E-state index contributed by atoms with van der Waals surface area (Å²) in [7, 11) is 1.29. The van der Waals surface area contributed by atoms with Crippen LogP contribution < -0.4 is 5.73 Å². The highest BCUT2D eigenvalue weighted by Gasteiger charge is 2.04. The van der Waals surface area contributed by atoms with Gasteiger partial charge in [0.2, 0.25) is 0 Å². The third-order valence-corrected chi connectivity index (χ3v) is 1.73. The van der Waals surface area contributed by atoms with Crippen molar-refractivity contribution in [2.24, 2.45) is 5.73 Å². The molecule has 0 heterocycles. The van der Waals surface area contributed by atoms with Crippen molar-refractivity contribution < 1.29 is 4.79 Å². The molecule has 2 N–H and O–H groups in total. The van der Waals surface area contributed by atoms with E-state index >= 15 is 0 Å². The Kier molecular flexibility index (Phi) is 4.41. The third kappa shape index (κ3) is 3.35. The van der Waals surface area contributed by atoms with Gasteiger partial charge in [0.1, 0.15) is 5.78 Å². The number of ketones is 1. The fraction of sp³-hybridized carbons (Fsp3) is 0.750. The molecule has 0 saturated heterocycles. The average molecular weight is 151 g/mol. The zero-order valence-electron chi connectivity index (χ0n) is 4.63. The van der Waals surface area contributed by atoms with E-state index in [-0.39, 0.29) is 11.8 Å². The second kappa shape index (κ2) is 4.23. The summed E-state index contributed by atoms with van der Waals surface area (Å²) in [6, 6.07) is -0.336. The minimum absolute atomic E-state index is 0.0200. The molecule has 2 nitrogen and oxygen atoms in total. The van der Waals surface area contributed by atoms with Gasteiger partial charge in [-0.1, -0.05) is 10.8 Å². The number of rotatable bonds is 3. The van der Waals surface area contributed by atoms with Crippen LogP contribution in [-0.4, -0.2) is 17.6 Å². The zero-order chi connectivity index (χ0) is 6.57. The van der Waals surface area contributed by atoms with E-state index in [1.807, 2.05) is 0 Å². The van der Waals surface area contributed by atoms with Crippen LogP contribution in [0.5, 0.6) is 0 Å². The lowest BCUT2D eigenvalue weighted by Crippen LogP contribution is -2.30. The van der Waals surface area contributed by atoms with Gasteiger partial charge >= 0.3 is 0 Å². The van der Waals surface area contributed by atoms with Gasteiger partial charge in [-0.3, -0.25) is 4.79 Å². The van der Waals surface area contributed by atoms with E-state index in [9.17, 15) is 4.79 Å². The van der Waals surface area contributed by atoms with Crippen LogP contribution in [0, 0.1) is 0 Å². The standard InChI is InChI=1S/C4H9NOS2/c1-3(6)4(5)2-8-7/h4,7H,2,5H2,1H3/t4-/m0/s1. The van der Waals surface area contributed by atoms with Gasteiger partial charge in [-0.2, -0.15) is 0 Å². The van der Waals surface area contributed by atoms with Gasteiger partial charge in [-0.25, -0.2) is 0 Å². The fourth-order valence-electron chi connectivity index (χ4n) is 0.198. The van der Waals surface area contributed by atoms with Crippen molar-refractivity contribution in [1.29, 1.82) is 0 Å². The van der Waals surface area contributed by atoms with Gasteiger partial charge in [0.15, 0.2) is 0 Å². The van der Waals surface area contributed by atoms with Gasteiger partial charge in [-0.05, 0) is 6.92 Å². The van der Waals surface area contributed by atoms with E-state index in [1.54, 1.807) is 0 Å². The van der Waals surface area contributed by atoms with Gasteiger partial charge in [0, 0.05) is 5.75 Å². The van der Waals surface area contributed by atoms with Crippen LogP contribution in [0.1, 0.15) is 6.92 Å². The van der Waals surface area contributed by atoms with Gasteiger partial charge in [0.25, 0.3) is 0 Å². The Bertz CT molecular complexity index is 86.1. The Hall–Kier alpha value is 0.330. The van der Waals surface area contributed by atoms with Crippen LogP contribution in [0.25, 0.3) is 0 Å². The summed E-state index contributed by atoms with van der Waals surface area (Å²) in [6.07, 6.45) is 0. The largest absolute Gasteiger partial charge is 0.321 e. The molecule has 0 rings (SSSR count). The molecule has 1 atom stereocenters. The molecule has 0 saturated carbocycles. The summed E-state index contributed by atoms with van der Waals surface area (Å²) >= 11 is 3.84. The first kappa shape index (κ1) is 8.33. The molecule has 0 aliphatic carbocycles. The van der Waals surface area contributed by atoms with Gasteiger partial charge in [-0.15, -0.1) is 11.7 Å². The van der Waals surface area contributed by atoms with E-state index in [2.05, 4.69) is 11.7 Å². The van der Waals surface area contributed by atoms with Crippen molar-refractivity contribution in [3.05, 3.63) is 0 Å². The third-order valence-electron chi connectivity index (χ3n) is 0.776. The maximum absolute atomic E-state index is 10.4. The number of Topliss-reactive ketones (excluding diaryl/α,β-unsaturated/α-hetero) is 1. The van der Waals surface area contributed by atoms with Crippen molar-refractivity contribution in [2.45, 2.75) is 13.0 Å². The second-order valence-corrected chi connectivity index (χ2v) is 2.88.